The summed E-state index contributed by atoms with van der Waals surface area (Å²) in [4.78, 5) is 12.2. The molecule has 0 spiro atoms. The molecule has 184 valence electrons. The van der Waals surface area contributed by atoms with Gasteiger partial charge in [-0.3, -0.25) is 0 Å². The molecule has 0 aliphatic heterocycles. The van der Waals surface area contributed by atoms with Crippen molar-refractivity contribution in [3.8, 4) is 11.1 Å². The number of carbonyl (C=O) groups is 1. The van der Waals surface area contributed by atoms with Crippen molar-refractivity contribution in [1.82, 2.24) is 5.32 Å². The molecule has 0 bridgehead atoms. The average Bonchev–Trinajstić information content (AvgIpc) is 3.15. The van der Waals surface area contributed by atoms with Gasteiger partial charge in [0.05, 0.1) is 16.7 Å². The Labute approximate surface area is 205 Å². The van der Waals surface area contributed by atoms with Crippen molar-refractivity contribution < 1.29 is 32.9 Å². The van der Waals surface area contributed by atoms with Crippen LogP contribution in [0, 0.1) is 0 Å². The molecule has 0 saturated carbocycles. The van der Waals surface area contributed by atoms with Gasteiger partial charge in [-0.1, -0.05) is 66.2 Å². The number of ether oxygens (including phenoxy) is 1. The van der Waals surface area contributed by atoms with E-state index in [1.54, 1.807) is 0 Å². The van der Waals surface area contributed by atoms with Crippen LogP contribution in [0.4, 0.5) is 18.0 Å². The Balaban J connectivity index is 1.29. The van der Waals surface area contributed by atoms with Gasteiger partial charge in [0.15, 0.2) is 0 Å². The Morgan fingerprint density at radius 2 is 1.60 bits per heavy atom. The lowest BCUT2D eigenvalue weighted by atomic mass is 9.98. The van der Waals surface area contributed by atoms with E-state index in [4.69, 9.17) is 16.3 Å². The molecule has 2 unspecified atom stereocenters. The summed E-state index contributed by atoms with van der Waals surface area (Å²) in [5.41, 5.74) is 3.12. The van der Waals surface area contributed by atoms with Gasteiger partial charge in [-0.2, -0.15) is 13.2 Å². The van der Waals surface area contributed by atoms with Crippen LogP contribution in [-0.2, 0) is 10.9 Å². The summed E-state index contributed by atoms with van der Waals surface area (Å²) < 4.78 is 44.5. The number of hydrogen-bond acceptors (Lipinski definition) is 4. The maximum atomic E-state index is 13.0. The minimum atomic E-state index is -4.69. The van der Waals surface area contributed by atoms with Crippen LogP contribution in [0.25, 0.3) is 11.1 Å². The van der Waals surface area contributed by atoms with Crippen molar-refractivity contribution in [2.75, 3.05) is 13.2 Å². The van der Waals surface area contributed by atoms with E-state index < -0.39 is 35.1 Å². The first kappa shape index (κ1) is 25.0. The molecule has 3 aromatic rings. The maximum Gasteiger partial charge on any atom is 0.417 e. The minimum absolute atomic E-state index is 0.0470. The molecule has 9 heteroatoms. The van der Waals surface area contributed by atoms with Gasteiger partial charge in [-0.05, 0) is 46.4 Å². The van der Waals surface area contributed by atoms with Crippen LogP contribution in [0.3, 0.4) is 0 Å². The molecule has 0 heterocycles. The predicted molar refractivity (Wildman–Crippen MR) is 125 cm³/mol. The van der Waals surface area contributed by atoms with Gasteiger partial charge in [0.25, 0.3) is 0 Å². The number of amides is 1. The number of alkyl halides is 3. The third kappa shape index (κ3) is 5.45. The van der Waals surface area contributed by atoms with Gasteiger partial charge in [-0.25, -0.2) is 4.79 Å². The van der Waals surface area contributed by atoms with E-state index in [1.807, 2.05) is 48.5 Å². The third-order valence-corrected chi connectivity index (χ3v) is 6.38. The Kier molecular flexibility index (Phi) is 7.35. The second kappa shape index (κ2) is 10.3. The van der Waals surface area contributed by atoms with Crippen molar-refractivity contribution >= 4 is 17.7 Å². The van der Waals surface area contributed by atoms with Crippen molar-refractivity contribution in [3.63, 3.8) is 0 Å². The van der Waals surface area contributed by atoms with Gasteiger partial charge < -0.3 is 20.3 Å². The number of nitrogens with one attached hydrogen (secondary N) is 1. The first-order valence-electron chi connectivity index (χ1n) is 11.0. The summed E-state index contributed by atoms with van der Waals surface area (Å²) in [6, 6.07) is 18.8. The highest BCUT2D eigenvalue weighted by molar-refractivity contribution is 6.31. The summed E-state index contributed by atoms with van der Waals surface area (Å²) in [7, 11) is 0. The number of aliphatic hydroxyl groups excluding tert-OH is 2. The first-order valence-corrected chi connectivity index (χ1v) is 11.4. The molecule has 0 aromatic heterocycles. The van der Waals surface area contributed by atoms with Crippen molar-refractivity contribution in [2.45, 2.75) is 30.7 Å². The summed E-state index contributed by atoms with van der Waals surface area (Å²) >= 11 is 5.59. The smallest absolute Gasteiger partial charge is 0.417 e. The summed E-state index contributed by atoms with van der Waals surface area (Å²) in [5, 5.41) is 22.5. The lowest BCUT2D eigenvalue weighted by Gasteiger charge is -2.20. The second-order valence-electron chi connectivity index (χ2n) is 8.29. The minimum Gasteiger partial charge on any atom is -0.449 e. The zero-order valence-electron chi connectivity index (χ0n) is 18.4. The second-order valence-corrected chi connectivity index (χ2v) is 8.70. The van der Waals surface area contributed by atoms with Crippen LogP contribution in [-0.4, -0.2) is 35.6 Å². The normalized spacial score (nSPS) is 14.7. The van der Waals surface area contributed by atoms with E-state index in [9.17, 15) is 28.2 Å². The third-order valence-electron chi connectivity index (χ3n) is 6.05. The molecule has 2 atom stereocenters. The SMILES string of the molecule is O=C(NCCC(O)C(O)c1ccc(Cl)c(C(F)(F)F)c1)OCC1c2ccccc2-c2ccccc21. The highest BCUT2D eigenvalue weighted by Gasteiger charge is 2.34. The van der Waals surface area contributed by atoms with E-state index >= 15 is 0 Å². The first-order chi connectivity index (χ1) is 16.7. The Bertz CT molecular complexity index is 1170. The number of aliphatic hydroxyl groups is 2. The van der Waals surface area contributed by atoms with Crippen molar-refractivity contribution in [3.05, 3.63) is 94.0 Å². The zero-order valence-corrected chi connectivity index (χ0v) is 19.2. The number of rotatable bonds is 7. The van der Waals surface area contributed by atoms with Gasteiger partial charge in [0.2, 0.25) is 0 Å². The average molecular weight is 506 g/mol. The molecular weight excluding hydrogens is 483 g/mol. The molecule has 0 fully saturated rings. The van der Waals surface area contributed by atoms with Crippen LogP contribution in [0.1, 0.15) is 40.7 Å². The van der Waals surface area contributed by atoms with E-state index in [0.717, 1.165) is 28.3 Å². The maximum absolute atomic E-state index is 13.0. The summed E-state index contributed by atoms with van der Waals surface area (Å²) in [6.45, 7) is 0.0741. The number of carbonyl (C=O) groups excluding carboxylic acids is 1. The molecule has 5 nitrogen and oxygen atoms in total. The lowest BCUT2D eigenvalue weighted by molar-refractivity contribution is -0.137. The monoisotopic (exact) mass is 505 g/mol. The molecule has 1 aliphatic carbocycles. The fourth-order valence-corrected chi connectivity index (χ4v) is 4.52. The molecule has 35 heavy (non-hydrogen) atoms. The van der Waals surface area contributed by atoms with Gasteiger partial charge >= 0.3 is 12.3 Å². The van der Waals surface area contributed by atoms with Gasteiger partial charge in [-0.15, -0.1) is 0 Å². The van der Waals surface area contributed by atoms with Crippen LogP contribution in [0.5, 0.6) is 0 Å². The van der Waals surface area contributed by atoms with Crippen molar-refractivity contribution in [2.24, 2.45) is 0 Å². The zero-order chi connectivity index (χ0) is 25.2. The number of fused-ring (bicyclic) bond motifs is 3. The molecule has 1 amide bonds. The number of hydrogen-bond donors (Lipinski definition) is 3. The molecular formula is C26H23ClF3NO4. The van der Waals surface area contributed by atoms with Crippen LogP contribution in [0.15, 0.2) is 66.7 Å². The Morgan fingerprint density at radius 1 is 1.00 bits per heavy atom. The van der Waals surface area contributed by atoms with Crippen LogP contribution < -0.4 is 5.32 Å². The fraction of sp³-hybridized carbons (Fsp3) is 0.269. The van der Waals surface area contributed by atoms with Gasteiger partial charge in [0, 0.05) is 12.5 Å². The van der Waals surface area contributed by atoms with Crippen LogP contribution >= 0.6 is 11.6 Å². The van der Waals surface area contributed by atoms with E-state index in [0.29, 0.717) is 6.07 Å². The van der Waals surface area contributed by atoms with Crippen LogP contribution in [0.2, 0.25) is 5.02 Å². The predicted octanol–water partition coefficient (Wildman–Crippen LogP) is 5.68. The molecule has 0 saturated heterocycles. The Morgan fingerprint density at radius 3 is 2.20 bits per heavy atom. The number of halogens is 4. The summed E-state index contributed by atoms with van der Waals surface area (Å²) in [5.74, 6) is -0.103. The van der Waals surface area contributed by atoms with Gasteiger partial charge in [0.1, 0.15) is 12.7 Å². The van der Waals surface area contributed by atoms with Crippen molar-refractivity contribution in [1.29, 1.82) is 0 Å². The highest BCUT2D eigenvalue weighted by atomic mass is 35.5. The standard InChI is InChI=1S/C26H23ClF3NO4/c27-22-10-9-15(13-21(22)26(28,29)30)24(33)23(32)11-12-31-25(34)35-14-20-18-7-3-1-5-16(18)17-6-2-4-8-19(17)20/h1-10,13,20,23-24,32-33H,11-12,14H2,(H,31,34). The lowest BCUT2D eigenvalue weighted by Crippen LogP contribution is -2.30. The molecule has 4 rings (SSSR count). The summed E-state index contributed by atoms with van der Waals surface area (Å²) in [6.07, 6.45) is -8.48. The van der Waals surface area contributed by atoms with E-state index in [2.05, 4.69) is 5.32 Å². The fourth-order valence-electron chi connectivity index (χ4n) is 4.30. The van der Waals surface area contributed by atoms with E-state index in [1.165, 1.54) is 6.07 Å². The quantitative estimate of drug-likeness (QED) is 0.386. The van der Waals surface area contributed by atoms with E-state index in [-0.39, 0.29) is 31.1 Å². The molecule has 0 radical (unpaired) electrons. The number of benzene rings is 3. The molecule has 3 aromatic carbocycles. The largest absolute Gasteiger partial charge is 0.449 e. The Hall–Kier alpha value is -3.07. The number of alkyl carbamates (subject to hydrolysis) is 1. The molecule has 1 aliphatic rings. The highest BCUT2D eigenvalue weighted by Crippen LogP contribution is 2.44. The topological polar surface area (TPSA) is 78.8 Å². The molecule has 3 N–H and O–H groups in total.